The van der Waals surface area contributed by atoms with E-state index in [9.17, 15) is 5.11 Å². The van der Waals surface area contributed by atoms with E-state index >= 15 is 0 Å². The SMILES string of the molecule is Cc1cc(C)c(-c2ccccc2)c(O)c1C. The summed E-state index contributed by atoms with van der Waals surface area (Å²) >= 11 is 0. The summed E-state index contributed by atoms with van der Waals surface area (Å²) in [6, 6.07) is 12.1. The van der Waals surface area contributed by atoms with E-state index in [2.05, 4.69) is 6.07 Å². The molecule has 16 heavy (non-hydrogen) atoms. The molecule has 0 radical (unpaired) electrons. The average Bonchev–Trinajstić information content (AvgIpc) is 2.28. The van der Waals surface area contributed by atoms with Gasteiger partial charge >= 0.3 is 0 Å². The first-order valence-corrected chi connectivity index (χ1v) is 5.46. The van der Waals surface area contributed by atoms with Crippen molar-refractivity contribution < 1.29 is 5.11 Å². The van der Waals surface area contributed by atoms with Crippen LogP contribution >= 0.6 is 0 Å². The van der Waals surface area contributed by atoms with Crippen molar-refractivity contribution in [3.63, 3.8) is 0 Å². The molecular formula is C15H16O. The molecule has 0 atom stereocenters. The van der Waals surface area contributed by atoms with Gasteiger partial charge in [0, 0.05) is 5.56 Å². The van der Waals surface area contributed by atoms with Crippen LogP contribution in [0.3, 0.4) is 0 Å². The van der Waals surface area contributed by atoms with Crippen molar-refractivity contribution in [2.75, 3.05) is 0 Å². The molecule has 0 saturated carbocycles. The van der Waals surface area contributed by atoms with Crippen molar-refractivity contribution in [3.8, 4) is 16.9 Å². The van der Waals surface area contributed by atoms with Crippen LogP contribution in [0.1, 0.15) is 16.7 Å². The molecule has 0 spiro atoms. The summed E-state index contributed by atoms with van der Waals surface area (Å²) in [7, 11) is 0. The summed E-state index contributed by atoms with van der Waals surface area (Å²) in [4.78, 5) is 0. The lowest BCUT2D eigenvalue weighted by Gasteiger charge is -2.13. The molecule has 0 saturated heterocycles. The molecular weight excluding hydrogens is 196 g/mol. The Balaban J connectivity index is 2.71. The topological polar surface area (TPSA) is 20.2 Å². The molecule has 0 bridgehead atoms. The number of aryl methyl sites for hydroxylation is 2. The Morgan fingerprint density at radius 3 is 2.12 bits per heavy atom. The second-order valence-electron chi connectivity index (χ2n) is 4.22. The van der Waals surface area contributed by atoms with Gasteiger partial charge in [0.2, 0.25) is 0 Å². The van der Waals surface area contributed by atoms with Crippen molar-refractivity contribution in [2.24, 2.45) is 0 Å². The first-order valence-electron chi connectivity index (χ1n) is 5.46. The fourth-order valence-corrected chi connectivity index (χ4v) is 2.04. The largest absolute Gasteiger partial charge is 0.507 e. The van der Waals surface area contributed by atoms with Crippen molar-refractivity contribution in [3.05, 3.63) is 53.1 Å². The second-order valence-corrected chi connectivity index (χ2v) is 4.22. The molecule has 0 heterocycles. The minimum absolute atomic E-state index is 0.406. The number of hydrogen-bond acceptors (Lipinski definition) is 1. The molecule has 0 unspecified atom stereocenters. The lowest BCUT2D eigenvalue weighted by atomic mass is 9.94. The summed E-state index contributed by atoms with van der Waals surface area (Å²) in [6.07, 6.45) is 0. The number of phenols is 1. The Morgan fingerprint density at radius 2 is 1.50 bits per heavy atom. The highest BCUT2D eigenvalue weighted by Crippen LogP contribution is 2.36. The molecule has 0 aliphatic carbocycles. The zero-order valence-corrected chi connectivity index (χ0v) is 9.91. The van der Waals surface area contributed by atoms with E-state index in [-0.39, 0.29) is 0 Å². The van der Waals surface area contributed by atoms with Crippen LogP contribution in [0.4, 0.5) is 0 Å². The monoisotopic (exact) mass is 212 g/mol. The fourth-order valence-electron chi connectivity index (χ4n) is 2.04. The highest BCUT2D eigenvalue weighted by Gasteiger charge is 2.11. The standard InChI is InChI=1S/C15H16O/c1-10-9-11(2)14(15(16)12(10)3)13-7-5-4-6-8-13/h4-9,16H,1-3H3. The van der Waals surface area contributed by atoms with Gasteiger partial charge in [-0.25, -0.2) is 0 Å². The van der Waals surface area contributed by atoms with Crippen LogP contribution in [0.5, 0.6) is 5.75 Å². The van der Waals surface area contributed by atoms with Gasteiger partial charge in [-0.1, -0.05) is 36.4 Å². The van der Waals surface area contributed by atoms with Crippen LogP contribution in [-0.2, 0) is 0 Å². The summed E-state index contributed by atoms with van der Waals surface area (Å²) in [5.41, 5.74) is 5.23. The highest BCUT2D eigenvalue weighted by molar-refractivity contribution is 5.75. The van der Waals surface area contributed by atoms with Gasteiger partial charge in [0.05, 0.1) is 0 Å². The minimum Gasteiger partial charge on any atom is -0.507 e. The van der Waals surface area contributed by atoms with E-state index in [1.54, 1.807) is 0 Å². The molecule has 82 valence electrons. The molecule has 2 rings (SSSR count). The maximum atomic E-state index is 10.2. The van der Waals surface area contributed by atoms with Gasteiger partial charge in [-0.2, -0.15) is 0 Å². The zero-order valence-electron chi connectivity index (χ0n) is 9.91. The summed E-state index contributed by atoms with van der Waals surface area (Å²) in [5.74, 6) is 0.406. The molecule has 0 aliphatic rings. The quantitative estimate of drug-likeness (QED) is 0.758. The van der Waals surface area contributed by atoms with Crippen LogP contribution in [0.25, 0.3) is 11.1 Å². The molecule has 0 fully saturated rings. The van der Waals surface area contributed by atoms with Crippen molar-refractivity contribution in [1.82, 2.24) is 0 Å². The molecule has 0 aliphatic heterocycles. The van der Waals surface area contributed by atoms with Crippen molar-refractivity contribution in [1.29, 1.82) is 0 Å². The van der Waals surface area contributed by atoms with Crippen LogP contribution in [0.15, 0.2) is 36.4 Å². The number of aromatic hydroxyl groups is 1. The smallest absolute Gasteiger partial charge is 0.126 e. The van der Waals surface area contributed by atoms with Crippen LogP contribution < -0.4 is 0 Å². The van der Waals surface area contributed by atoms with Gasteiger partial charge < -0.3 is 5.11 Å². The lowest BCUT2D eigenvalue weighted by Crippen LogP contribution is -1.90. The van der Waals surface area contributed by atoms with Crippen LogP contribution in [0.2, 0.25) is 0 Å². The molecule has 2 aromatic carbocycles. The van der Waals surface area contributed by atoms with E-state index in [1.807, 2.05) is 51.1 Å². The Bertz CT molecular complexity index is 513. The first-order chi connectivity index (χ1) is 7.61. The third-order valence-corrected chi connectivity index (χ3v) is 3.07. The van der Waals surface area contributed by atoms with Crippen molar-refractivity contribution >= 4 is 0 Å². The van der Waals surface area contributed by atoms with E-state index in [0.717, 1.165) is 27.8 Å². The highest BCUT2D eigenvalue weighted by atomic mass is 16.3. The Morgan fingerprint density at radius 1 is 0.875 bits per heavy atom. The van der Waals surface area contributed by atoms with Gasteiger partial charge in [-0.05, 0) is 43.0 Å². The van der Waals surface area contributed by atoms with Crippen LogP contribution in [0, 0.1) is 20.8 Å². The van der Waals surface area contributed by atoms with E-state index < -0.39 is 0 Å². The lowest BCUT2D eigenvalue weighted by molar-refractivity contribution is 0.472. The summed E-state index contributed by atoms with van der Waals surface area (Å²) in [5, 5.41) is 10.2. The number of rotatable bonds is 1. The molecule has 0 aromatic heterocycles. The molecule has 0 amide bonds. The van der Waals surface area contributed by atoms with Crippen molar-refractivity contribution in [2.45, 2.75) is 20.8 Å². The normalized spacial score (nSPS) is 10.4. The van der Waals surface area contributed by atoms with Gasteiger partial charge in [-0.3, -0.25) is 0 Å². The maximum absolute atomic E-state index is 10.2. The summed E-state index contributed by atoms with van der Waals surface area (Å²) in [6.45, 7) is 6.02. The fraction of sp³-hybridized carbons (Fsp3) is 0.200. The Labute approximate surface area is 96.4 Å². The minimum atomic E-state index is 0.406. The van der Waals surface area contributed by atoms with E-state index in [4.69, 9.17) is 0 Å². The number of hydrogen-bond donors (Lipinski definition) is 1. The van der Waals surface area contributed by atoms with E-state index in [0.29, 0.717) is 5.75 Å². The predicted octanol–water partition coefficient (Wildman–Crippen LogP) is 3.98. The molecule has 2 aromatic rings. The molecule has 1 nitrogen and oxygen atoms in total. The molecule has 1 heteroatoms. The third-order valence-electron chi connectivity index (χ3n) is 3.07. The van der Waals surface area contributed by atoms with Gasteiger partial charge in [0.15, 0.2) is 0 Å². The van der Waals surface area contributed by atoms with E-state index in [1.165, 1.54) is 0 Å². The number of phenolic OH excluding ortho intramolecular Hbond substituents is 1. The average molecular weight is 212 g/mol. The molecule has 1 N–H and O–H groups in total. The zero-order chi connectivity index (χ0) is 11.7. The van der Waals surface area contributed by atoms with Gasteiger partial charge in [0.1, 0.15) is 5.75 Å². The third kappa shape index (κ3) is 1.69. The Kier molecular flexibility index (Phi) is 2.69. The Hall–Kier alpha value is -1.76. The first kappa shape index (κ1) is 10.7. The second kappa shape index (κ2) is 4.01. The predicted molar refractivity (Wildman–Crippen MR) is 67.8 cm³/mol. The maximum Gasteiger partial charge on any atom is 0.126 e. The summed E-state index contributed by atoms with van der Waals surface area (Å²) < 4.78 is 0. The number of benzene rings is 2. The van der Waals surface area contributed by atoms with Gasteiger partial charge in [0.25, 0.3) is 0 Å². The van der Waals surface area contributed by atoms with Crippen LogP contribution in [-0.4, -0.2) is 5.11 Å². The van der Waals surface area contributed by atoms with Gasteiger partial charge in [-0.15, -0.1) is 0 Å².